The Hall–Kier alpha value is -2.60. The van der Waals surface area contributed by atoms with Crippen molar-refractivity contribution in [2.45, 2.75) is 19.9 Å². The second kappa shape index (κ2) is 8.67. The van der Waals surface area contributed by atoms with Crippen molar-refractivity contribution < 1.29 is 9.53 Å². The van der Waals surface area contributed by atoms with Crippen LogP contribution in [0.4, 0.5) is 5.82 Å². The first-order valence-corrected chi connectivity index (χ1v) is 9.25. The van der Waals surface area contributed by atoms with E-state index >= 15 is 0 Å². The molecule has 0 spiro atoms. The molecule has 1 aromatic heterocycles. The van der Waals surface area contributed by atoms with Crippen LogP contribution in [-0.4, -0.2) is 22.3 Å². The molecule has 2 aromatic carbocycles. The summed E-state index contributed by atoms with van der Waals surface area (Å²) >= 11 is 3.43. The topological polar surface area (TPSA) is 56.1 Å². The Morgan fingerprint density at radius 2 is 2.00 bits per heavy atom. The van der Waals surface area contributed by atoms with Crippen molar-refractivity contribution in [3.05, 3.63) is 76.4 Å². The number of hydrogen-bond donors (Lipinski definition) is 1. The minimum atomic E-state index is -0.190. The van der Waals surface area contributed by atoms with Crippen LogP contribution in [0.3, 0.4) is 0 Å². The van der Waals surface area contributed by atoms with Gasteiger partial charge in [0.15, 0.2) is 0 Å². The summed E-state index contributed by atoms with van der Waals surface area (Å²) in [7, 11) is 0. The van der Waals surface area contributed by atoms with Crippen molar-refractivity contribution in [3.8, 4) is 5.75 Å². The number of anilines is 1. The summed E-state index contributed by atoms with van der Waals surface area (Å²) in [5.74, 6) is 1.16. The monoisotopic (exact) mass is 413 g/mol. The van der Waals surface area contributed by atoms with Gasteiger partial charge >= 0.3 is 0 Å². The van der Waals surface area contributed by atoms with Gasteiger partial charge in [0, 0.05) is 16.1 Å². The molecule has 0 unspecified atom stereocenters. The molecule has 6 heteroatoms. The molecule has 0 bridgehead atoms. The summed E-state index contributed by atoms with van der Waals surface area (Å²) in [4.78, 5) is 12.6. The molecule has 0 radical (unpaired) electrons. The van der Waals surface area contributed by atoms with E-state index in [2.05, 4.69) is 26.3 Å². The van der Waals surface area contributed by atoms with E-state index in [0.717, 1.165) is 16.5 Å². The van der Waals surface area contributed by atoms with Crippen molar-refractivity contribution in [1.82, 2.24) is 9.78 Å². The molecule has 0 aliphatic heterocycles. The van der Waals surface area contributed by atoms with Crippen molar-refractivity contribution in [2.24, 2.45) is 0 Å². The lowest BCUT2D eigenvalue weighted by atomic mass is 10.2. The lowest BCUT2D eigenvalue weighted by molar-refractivity contribution is 0.102. The number of rotatable bonds is 7. The second-order valence-corrected chi connectivity index (χ2v) is 6.75. The van der Waals surface area contributed by atoms with Crippen molar-refractivity contribution in [3.63, 3.8) is 0 Å². The number of hydrogen-bond acceptors (Lipinski definition) is 3. The molecule has 0 fully saturated rings. The number of nitrogens with zero attached hydrogens (tertiary/aromatic N) is 2. The minimum absolute atomic E-state index is 0.190. The number of amides is 1. The lowest BCUT2D eigenvalue weighted by Gasteiger charge is -2.10. The fraction of sp³-hybridized carbons (Fsp3) is 0.200. The van der Waals surface area contributed by atoms with E-state index in [1.54, 1.807) is 29.1 Å². The number of ether oxygens (including phenoxy) is 1. The molecule has 5 nitrogen and oxygen atoms in total. The Kier molecular flexibility index (Phi) is 6.07. The number of benzene rings is 2. The minimum Gasteiger partial charge on any atom is -0.494 e. The SMILES string of the molecule is CCCOc1cccc(C(=O)Nc2ccnn2Cc2ccc(Br)cc2)c1. The van der Waals surface area contributed by atoms with Gasteiger partial charge in [-0.15, -0.1) is 0 Å². The van der Waals surface area contributed by atoms with Crippen LogP contribution < -0.4 is 10.1 Å². The summed E-state index contributed by atoms with van der Waals surface area (Å²) in [5.41, 5.74) is 1.65. The third-order valence-corrected chi connectivity index (χ3v) is 4.30. The zero-order chi connectivity index (χ0) is 18.4. The van der Waals surface area contributed by atoms with Crippen LogP contribution in [-0.2, 0) is 6.54 Å². The van der Waals surface area contributed by atoms with Crippen molar-refractivity contribution in [1.29, 1.82) is 0 Å². The average molecular weight is 414 g/mol. The molecule has 0 atom stereocenters. The Bertz CT molecular complexity index is 875. The Labute approximate surface area is 161 Å². The van der Waals surface area contributed by atoms with Gasteiger partial charge in [0.2, 0.25) is 0 Å². The van der Waals surface area contributed by atoms with E-state index in [9.17, 15) is 4.79 Å². The number of carbonyl (C=O) groups is 1. The fourth-order valence-corrected chi connectivity index (χ4v) is 2.73. The van der Waals surface area contributed by atoms with Gasteiger partial charge in [0.1, 0.15) is 11.6 Å². The molecular formula is C20H20BrN3O2. The second-order valence-electron chi connectivity index (χ2n) is 5.83. The van der Waals surface area contributed by atoms with Crippen LogP contribution in [0.2, 0.25) is 0 Å². The standard InChI is InChI=1S/C20H20BrN3O2/c1-2-12-26-18-5-3-4-16(13-18)20(25)23-19-10-11-22-24(19)14-15-6-8-17(21)9-7-15/h3-11,13H,2,12,14H2,1H3,(H,23,25). The van der Waals surface area contributed by atoms with Crippen LogP contribution in [0.25, 0.3) is 0 Å². The molecule has 1 N–H and O–H groups in total. The van der Waals surface area contributed by atoms with Gasteiger partial charge in [-0.25, -0.2) is 4.68 Å². The largest absolute Gasteiger partial charge is 0.494 e. The van der Waals surface area contributed by atoms with Crippen molar-refractivity contribution >= 4 is 27.7 Å². The first-order valence-electron chi connectivity index (χ1n) is 8.46. The van der Waals surface area contributed by atoms with Gasteiger partial charge in [-0.1, -0.05) is 41.1 Å². The Morgan fingerprint density at radius 3 is 2.77 bits per heavy atom. The van der Waals surface area contributed by atoms with Gasteiger partial charge in [-0.05, 0) is 42.3 Å². The fourth-order valence-electron chi connectivity index (χ4n) is 2.46. The van der Waals surface area contributed by atoms with Crippen molar-refractivity contribution in [2.75, 3.05) is 11.9 Å². The molecule has 3 aromatic rings. The van der Waals surface area contributed by atoms with Crippen LogP contribution in [0.5, 0.6) is 5.75 Å². The van der Waals surface area contributed by atoms with Crippen LogP contribution in [0.15, 0.2) is 65.3 Å². The highest BCUT2D eigenvalue weighted by molar-refractivity contribution is 9.10. The highest BCUT2D eigenvalue weighted by atomic mass is 79.9. The zero-order valence-electron chi connectivity index (χ0n) is 14.5. The molecule has 1 heterocycles. The normalized spacial score (nSPS) is 10.5. The predicted molar refractivity (Wildman–Crippen MR) is 106 cm³/mol. The van der Waals surface area contributed by atoms with Gasteiger partial charge in [-0.3, -0.25) is 4.79 Å². The summed E-state index contributed by atoms with van der Waals surface area (Å²) in [6, 6.07) is 17.0. The molecule has 134 valence electrons. The molecule has 0 aliphatic rings. The molecule has 0 saturated heterocycles. The maximum atomic E-state index is 12.6. The van der Waals surface area contributed by atoms with E-state index in [4.69, 9.17) is 4.74 Å². The van der Waals surface area contributed by atoms with E-state index in [1.165, 1.54) is 0 Å². The van der Waals surface area contributed by atoms with Crippen LogP contribution in [0, 0.1) is 0 Å². The Balaban J connectivity index is 1.70. The van der Waals surface area contributed by atoms with Crippen LogP contribution in [0.1, 0.15) is 29.3 Å². The van der Waals surface area contributed by atoms with Gasteiger partial charge in [0.05, 0.1) is 19.3 Å². The summed E-state index contributed by atoms with van der Waals surface area (Å²) < 4.78 is 8.38. The average Bonchev–Trinajstić information content (AvgIpc) is 3.08. The van der Waals surface area contributed by atoms with E-state index < -0.39 is 0 Å². The zero-order valence-corrected chi connectivity index (χ0v) is 16.1. The highest BCUT2D eigenvalue weighted by Crippen LogP contribution is 2.17. The predicted octanol–water partition coefficient (Wildman–Crippen LogP) is 4.74. The van der Waals surface area contributed by atoms with E-state index in [0.29, 0.717) is 30.3 Å². The third kappa shape index (κ3) is 4.73. The molecule has 3 rings (SSSR count). The molecule has 0 saturated carbocycles. The molecule has 1 amide bonds. The maximum Gasteiger partial charge on any atom is 0.256 e. The van der Waals surface area contributed by atoms with E-state index in [-0.39, 0.29) is 5.91 Å². The maximum absolute atomic E-state index is 12.6. The summed E-state index contributed by atoms with van der Waals surface area (Å²) in [6.07, 6.45) is 2.60. The number of aromatic nitrogens is 2. The first kappa shape index (κ1) is 18.2. The molecule has 26 heavy (non-hydrogen) atoms. The number of nitrogens with one attached hydrogen (secondary N) is 1. The van der Waals surface area contributed by atoms with Gasteiger partial charge in [0.25, 0.3) is 5.91 Å². The first-order chi connectivity index (χ1) is 12.7. The van der Waals surface area contributed by atoms with E-state index in [1.807, 2.05) is 43.3 Å². The molecule has 0 aliphatic carbocycles. The molecular weight excluding hydrogens is 394 g/mol. The third-order valence-electron chi connectivity index (χ3n) is 3.77. The highest BCUT2D eigenvalue weighted by Gasteiger charge is 2.11. The Morgan fingerprint density at radius 1 is 1.19 bits per heavy atom. The van der Waals surface area contributed by atoms with Gasteiger partial charge in [-0.2, -0.15) is 5.10 Å². The number of halogens is 1. The summed E-state index contributed by atoms with van der Waals surface area (Å²) in [6.45, 7) is 3.25. The van der Waals surface area contributed by atoms with Gasteiger partial charge < -0.3 is 10.1 Å². The smallest absolute Gasteiger partial charge is 0.256 e. The lowest BCUT2D eigenvalue weighted by Crippen LogP contribution is -2.16. The quantitative estimate of drug-likeness (QED) is 0.608. The van der Waals surface area contributed by atoms with Crippen LogP contribution >= 0.6 is 15.9 Å². The summed E-state index contributed by atoms with van der Waals surface area (Å²) in [5, 5.41) is 7.22. The number of carbonyl (C=O) groups excluding carboxylic acids is 1.